The summed E-state index contributed by atoms with van der Waals surface area (Å²) in [5.74, 6) is 1.15. The third-order valence-corrected chi connectivity index (χ3v) is 4.46. The van der Waals surface area contributed by atoms with Gasteiger partial charge in [-0.05, 0) is 41.6 Å². The van der Waals surface area contributed by atoms with E-state index >= 15 is 0 Å². The van der Waals surface area contributed by atoms with Crippen molar-refractivity contribution in [2.75, 3.05) is 7.11 Å². The smallest absolute Gasteiger partial charge is 0.223 e. The van der Waals surface area contributed by atoms with Crippen LogP contribution in [0.25, 0.3) is 33.8 Å². The number of methoxy groups -OCH3 is 1. The highest BCUT2D eigenvalue weighted by atomic mass is 16.5. The van der Waals surface area contributed by atoms with Crippen LogP contribution in [0.3, 0.4) is 0 Å². The van der Waals surface area contributed by atoms with Gasteiger partial charge in [0.1, 0.15) is 11.4 Å². The summed E-state index contributed by atoms with van der Waals surface area (Å²) in [6.45, 7) is 0. The van der Waals surface area contributed by atoms with E-state index in [0.29, 0.717) is 17.3 Å². The van der Waals surface area contributed by atoms with E-state index in [1.54, 1.807) is 19.5 Å². The molecule has 136 valence electrons. The van der Waals surface area contributed by atoms with Crippen molar-refractivity contribution in [2.45, 2.75) is 0 Å². The molecule has 0 atom stereocenters. The van der Waals surface area contributed by atoms with Crippen LogP contribution in [0.15, 0.2) is 73.3 Å². The third-order valence-electron chi connectivity index (χ3n) is 4.46. The Morgan fingerprint density at radius 3 is 2.82 bits per heavy atom. The lowest BCUT2D eigenvalue weighted by Gasteiger charge is -2.12. The third kappa shape index (κ3) is 2.67. The Kier molecular flexibility index (Phi) is 3.79. The van der Waals surface area contributed by atoms with Crippen LogP contribution in [-0.2, 0) is 0 Å². The Labute approximate surface area is 160 Å². The zero-order valence-electron chi connectivity index (χ0n) is 15.0. The van der Waals surface area contributed by atoms with Gasteiger partial charge in [-0.15, -0.1) is 15.0 Å². The molecule has 0 radical (unpaired) electrons. The van der Waals surface area contributed by atoms with Crippen molar-refractivity contribution in [3.63, 3.8) is 0 Å². The molecule has 4 heterocycles. The van der Waals surface area contributed by atoms with Gasteiger partial charge in [-0.25, -0.2) is 0 Å². The number of ether oxygens (including phenoxy) is 1. The van der Waals surface area contributed by atoms with Crippen LogP contribution in [0.4, 0.5) is 0 Å². The Hall–Kier alpha value is -4.07. The molecular weight excluding hydrogens is 354 g/mol. The van der Waals surface area contributed by atoms with Crippen LogP contribution in [0.5, 0.6) is 5.75 Å². The number of aromatic nitrogens is 7. The highest BCUT2D eigenvalue weighted by Gasteiger charge is 2.13. The summed E-state index contributed by atoms with van der Waals surface area (Å²) >= 11 is 0. The molecule has 0 N–H and O–H groups in total. The Balaban J connectivity index is 1.56. The maximum absolute atomic E-state index is 5.63. The zero-order chi connectivity index (χ0) is 18.9. The Bertz CT molecular complexity index is 1260. The molecule has 0 aliphatic carbocycles. The zero-order valence-corrected chi connectivity index (χ0v) is 15.0. The number of pyridine rings is 2. The van der Waals surface area contributed by atoms with Gasteiger partial charge in [-0.2, -0.15) is 0 Å². The fourth-order valence-corrected chi connectivity index (χ4v) is 3.10. The van der Waals surface area contributed by atoms with Gasteiger partial charge in [-0.1, -0.05) is 6.07 Å². The van der Waals surface area contributed by atoms with Crippen LogP contribution in [-0.4, -0.2) is 41.9 Å². The van der Waals surface area contributed by atoms with E-state index < -0.39 is 0 Å². The maximum Gasteiger partial charge on any atom is 0.223 e. The molecule has 0 unspecified atom stereocenters. The number of tetrazole rings is 1. The molecule has 0 fully saturated rings. The van der Waals surface area contributed by atoms with Crippen LogP contribution in [0.1, 0.15) is 0 Å². The lowest BCUT2D eigenvalue weighted by Crippen LogP contribution is -2.02. The molecule has 5 aromatic rings. The number of hydrogen-bond donors (Lipinski definition) is 0. The van der Waals surface area contributed by atoms with Crippen molar-refractivity contribution in [1.29, 1.82) is 0 Å². The van der Waals surface area contributed by atoms with Gasteiger partial charge in [0.15, 0.2) is 0 Å². The highest BCUT2D eigenvalue weighted by molar-refractivity contribution is 5.81. The normalized spacial score (nSPS) is 11.0. The molecule has 8 nitrogen and oxygen atoms in total. The van der Waals surface area contributed by atoms with Crippen molar-refractivity contribution in [3.05, 3.63) is 73.3 Å². The van der Waals surface area contributed by atoms with E-state index in [4.69, 9.17) is 4.74 Å². The first-order valence-electron chi connectivity index (χ1n) is 8.65. The second kappa shape index (κ2) is 6.58. The highest BCUT2D eigenvalue weighted by Crippen LogP contribution is 2.29. The second-order valence-corrected chi connectivity index (χ2v) is 6.09. The number of nitrogens with zero attached hydrogens (tertiary/aromatic N) is 7. The topological polar surface area (TPSA) is 83.5 Å². The van der Waals surface area contributed by atoms with E-state index in [2.05, 4.69) is 25.4 Å². The lowest BCUT2D eigenvalue weighted by molar-refractivity contribution is 0.412. The van der Waals surface area contributed by atoms with Crippen LogP contribution in [0.2, 0.25) is 0 Å². The van der Waals surface area contributed by atoms with Crippen LogP contribution < -0.4 is 4.74 Å². The summed E-state index contributed by atoms with van der Waals surface area (Å²) in [6.07, 6.45) is 7.31. The summed E-state index contributed by atoms with van der Waals surface area (Å²) < 4.78 is 7.67. The van der Waals surface area contributed by atoms with Crippen LogP contribution >= 0.6 is 0 Å². The molecule has 1 aromatic carbocycles. The quantitative estimate of drug-likeness (QED) is 0.484. The van der Waals surface area contributed by atoms with E-state index in [9.17, 15) is 0 Å². The monoisotopic (exact) mass is 369 g/mol. The Morgan fingerprint density at radius 1 is 1.00 bits per heavy atom. The van der Waals surface area contributed by atoms with Crippen molar-refractivity contribution in [3.8, 4) is 28.6 Å². The minimum atomic E-state index is 0.464. The van der Waals surface area contributed by atoms with E-state index in [-0.39, 0.29) is 0 Å². The average Bonchev–Trinajstić information content (AvgIpc) is 3.41. The minimum absolute atomic E-state index is 0.464. The maximum atomic E-state index is 5.63. The largest absolute Gasteiger partial charge is 0.494 e. The summed E-state index contributed by atoms with van der Waals surface area (Å²) in [4.78, 5) is 9.94. The molecular formula is C20H15N7O. The van der Waals surface area contributed by atoms with Gasteiger partial charge in [-0.3, -0.25) is 9.97 Å². The first-order valence-corrected chi connectivity index (χ1v) is 8.65. The van der Waals surface area contributed by atoms with Crippen molar-refractivity contribution in [1.82, 2.24) is 34.7 Å². The predicted octanol–water partition coefficient (Wildman–Crippen LogP) is 3.07. The molecule has 5 rings (SSSR count). The van der Waals surface area contributed by atoms with Gasteiger partial charge in [0, 0.05) is 30.0 Å². The van der Waals surface area contributed by atoms with E-state index in [0.717, 1.165) is 22.3 Å². The summed E-state index contributed by atoms with van der Waals surface area (Å²) in [6, 6.07) is 15.4. The van der Waals surface area contributed by atoms with Gasteiger partial charge in [0.05, 0.1) is 30.2 Å². The number of benzene rings is 1. The molecule has 0 saturated carbocycles. The van der Waals surface area contributed by atoms with Gasteiger partial charge in [0.25, 0.3) is 0 Å². The fraction of sp³-hybridized carbons (Fsp3) is 0.0500. The number of hydrogen-bond acceptors (Lipinski definition) is 6. The van der Waals surface area contributed by atoms with Gasteiger partial charge in [0.2, 0.25) is 5.82 Å². The van der Waals surface area contributed by atoms with Gasteiger partial charge >= 0.3 is 0 Å². The summed E-state index contributed by atoms with van der Waals surface area (Å²) in [5.41, 5.74) is 3.32. The first-order chi connectivity index (χ1) is 13.8. The fourth-order valence-electron chi connectivity index (χ4n) is 3.10. The second-order valence-electron chi connectivity index (χ2n) is 6.09. The molecule has 0 aliphatic rings. The molecule has 28 heavy (non-hydrogen) atoms. The minimum Gasteiger partial charge on any atom is -0.494 e. The molecule has 0 saturated heterocycles. The van der Waals surface area contributed by atoms with E-state index in [1.807, 2.05) is 65.5 Å². The number of fused-ring (bicyclic) bond motifs is 1. The predicted molar refractivity (Wildman–Crippen MR) is 104 cm³/mol. The molecule has 0 bridgehead atoms. The molecule has 0 amide bonds. The number of rotatable bonds is 4. The lowest BCUT2D eigenvalue weighted by atomic mass is 10.2. The Morgan fingerprint density at radius 2 is 1.96 bits per heavy atom. The van der Waals surface area contributed by atoms with Gasteiger partial charge < -0.3 is 9.30 Å². The van der Waals surface area contributed by atoms with Crippen LogP contribution in [0, 0.1) is 0 Å². The molecule has 0 spiro atoms. The van der Waals surface area contributed by atoms with Crippen molar-refractivity contribution in [2.24, 2.45) is 0 Å². The standard InChI is InChI=1S/C20H15N7O/c1-28-19-12-15(27-24-20(23-25-27)16-4-2-3-9-22-16)5-6-17(19)26-11-8-14-7-10-21-13-18(14)26/h2-13H,1H3. The first kappa shape index (κ1) is 16.1. The summed E-state index contributed by atoms with van der Waals surface area (Å²) in [5, 5.41) is 13.8. The van der Waals surface area contributed by atoms with Crippen molar-refractivity contribution >= 4 is 10.9 Å². The van der Waals surface area contributed by atoms with Crippen molar-refractivity contribution < 1.29 is 4.74 Å². The summed E-state index contributed by atoms with van der Waals surface area (Å²) in [7, 11) is 1.64. The average molecular weight is 369 g/mol. The van der Waals surface area contributed by atoms with E-state index in [1.165, 1.54) is 4.80 Å². The molecule has 0 aliphatic heterocycles. The molecule has 4 aromatic heterocycles. The SMILES string of the molecule is COc1cc(-n2nnc(-c3ccccn3)n2)ccc1-n1ccc2ccncc21. The molecule has 8 heteroatoms.